The summed E-state index contributed by atoms with van der Waals surface area (Å²) in [5.74, 6) is 0.456. The molecule has 8 heteroatoms. The van der Waals surface area contributed by atoms with Crippen molar-refractivity contribution in [2.24, 2.45) is 5.92 Å². The summed E-state index contributed by atoms with van der Waals surface area (Å²) in [4.78, 5) is 24.2. The fourth-order valence-electron chi connectivity index (χ4n) is 3.17. The van der Waals surface area contributed by atoms with E-state index in [1.54, 1.807) is 11.1 Å². The van der Waals surface area contributed by atoms with Gasteiger partial charge in [-0.25, -0.2) is 10.4 Å². The summed E-state index contributed by atoms with van der Waals surface area (Å²) in [6.45, 7) is 4.52. The summed E-state index contributed by atoms with van der Waals surface area (Å²) in [5.41, 5.74) is 6.02. The van der Waals surface area contributed by atoms with Crippen molar-refractivity contribution in [3.63, 3.8) is 0 Å². The number of carbonyl (C=O) groups is 2. The summed E-state index contributed by atoms with van der Waals surface area (Å²) >= 11 is 0. The molecule has 3 heterocycles. The van der Waals surface area contributed by atoms with Gasteiger partial charge in [0.1, 0.15) is 5.75 Å². The van der Waals surface area contributed by atoms with E-state index in [1.165, 1.54) is 0 Å². The second kappa shape index (κ2) is 5.50. The molecule has 1 saturated heterocycles. The quantitative estimate of drug-likeness (QED) is 0.618. The Kier molecular flexibility index (Phi) is 3.43. The Morgan fingerprint density at radius 3 is 2.92 bits per heavy atom. The Hall–Kier alpha value is -2.58. The Bertz CT molecular complexity index is 758. The van der Waals surface area contributed by atoms with Crippen molar-refractivity contribution in [2.75, 3.05) is 18.6 Å². The predicted molar refractivity (Wildman–Crippen MR) is 87.2 cm³/mol. The maximum absolute atomic E-state index is 12.8. The number of nitrogens with one attached hydrogen (secondary N) is 4. The van der Waals surface area contributed by atoms with Gasteiger partial charge >= 0.3 is 0 Å². The molecule has 3 aliphatic rings. The van der Waals surface area contributed by atoms with E-state index in [-0.39, 0.29) is 30.6 Å². The van der Waals surface area contributed by atoms with Gasteiger partial charge in [0.25, 0.3) is 11.8 Å². The van der Waals surface area contributed by atoms with E-state index in [2.05, 4.69) is 21.4 Å². The van der Waals surface area contributed by atoms with Crippen LogP contribution in [0.2, 0.25) is 0 Å². The standard InChI is InChI=1S/C16H19N5O3/c1-8(2)13-14(20-16-17-7-18-21(16)15(13)23)9-3-4-10-11(5-9)24-6-12(22)19-10/h3-5,8,16-18,20H,6-7H2,1-2H3,(H,19,22). The summed E-state index contributed by atoms with van der Waals surface area (Å²) < 4.78 is 5.49. The number of anilines is 1. The second-order valence-electron chi connectivity index (χ2n) is 6.25. The van der Waals surface area contributed by atoms with Crippen LogP contribution in [0.1, 0.15) is 19.4 Å². The fraction of sp³-hybridized carbons (Fsp3) is 0.375. The summed E-state index contributed by atoms with van der Waals surface area (Å²) in [7, 11) is 0. The average molecular weight is 329 g/mol. The lowest BCUT2D eigenvalue weighted by molar-refractivity contribution is -0.132. The lowest BCUT2D eigenvalue weighted by Crippen LogP contribution is -2.56. The van der Waals surface area contributed by atoms with E-state index in [0.29, 0.717) is 23.7 Å². The van der Waals surface area contributed by atoms with Crippen molar-refractivity contribution >= 4 is 23.2 Å². The minimum absolute atomic E-state index is 0.000770. The van der Waals surface area contributed by atoms with Crippen LogP contribution >= 0.6 is 0 Å². The zero-order chi connectivity index (χ0) is 16.8. The number of hydrazine groups is 1. The number of hydrogen-bond acceptors (Lipinski definition) is 6. The molecule has 0 radical (unpaired) electrons. The first kappa shape index (κ1) is 15.0. The molecule has 4 N–H and O–H groups in total. The number of ether oxygens (including phenoxy) is 1. The Morgan fingerprint density at radius 2 is 2.12 bits per heavy atom. The van der Waals surface area contributed by atoms with Gasteiger partial charge in [-0.15, -0.1) is 0 Å². The van der Waals surface area contributed by atoms with E-state index in [9.17, 15) is 9.59 Å². The number of fused-ring (bicyclic) bond motifs is 2. The summed E-state index contributed by atoms with van der Waals surface area (Å²) in [6, 6.07) is 5.53. The molecule has 0 spiro atoms. The monoisotopic (exact) mass is 329 g/mol. The number of hydrogen-bond donors (Lipinski definition) is 4. The van der Waals surface area contributed by atoms with Crippen LogP contribution in [0, 0.1) is 5.92 Å². The van der Waals surface area contributed by atoms with Crippen LogP contribution in [0.5, 0.6) is 5.75 Å². The van der Waals surface area contributed by atoms with E-state index in [0.717, 1.165) is 11.3 Å². The van der Waals surface area contributed by atoms with Crippen LogP contribution in [0.15, 0.2) is 23.8 Å². The maximum Gasteiger partial charge on any atom is 0.269 e. The van der Waals surface area contributed by atoms with Gasteiger partial charge in [-0.3, -0.25) is 14.9 Å². The SMILES string of the molecule is CC(C)C1=C(c2ccc3c(c2)OCC(=O)N3)NC2NCNN2C1=O. The maximum atomic E-state index is 12.8. The van der Waals surface area contributed by atoms with Gasteiger partial charge < -0.3 is 15.4 Å². The van der Waals surface area contributed by atoms with Crippen molar-refractivity contribution in [3.05, 3.63) is 29.3 Å². The molecule has 0 aromatic heterocycles. The third-order valence-corrected chi connectivity index (χ3v) is 4.28. The molecule has 0 aliphatic carbocycles. The molecule has 126 valence electrons. The molecule has 0 bridgehead atoms. The molecule has 1 aromatic rings. The smallest absolute Gasteiger partial charge is 0.269 e. The fourth-order valence-corrected chi connectivity index (χ4v) is 3.17. The van der Waals surface area contributed by atoms with Crippen LogP contribution in [0.25, 0.3) is 5.70 Å². The van der Waals surface area contributed by atoms with Crippen molar-refractivity contribution in [1.29, 1.82) is 0 Å². The molecule has 8 nitrogen and oxygen atoms in total. The first-order valence-corrected chi connectivity index (χ1v) is 7.93. The van der Waals surface area contributed by atoms with Gasteiger partial charge in [0, 0.05) is 11.1 Å². The highest BCUT2D eigenvalue weighted by Crippen LogP contribution is 2.34. The molecular formula is C16H19N5O3. The van der Waals surface area contributed by atoms with Crippen LogP contribution in [0.4, 0.5) is 5.69 Å². The van der Waals surface area contributed by atoms with Crippen LogP contribution in [-0.2, 0) is 9.59 Å². The molecule has 4 rings (SSSR count). The van der Waals surface area contributed by atoms with Gasteiger partial charge in [-0.05, 0) is 18.1 Å². The third-order valence-electron chi connectivity index (χ3n) is 4.28. The van der Waals surface area contributed by atoms with E-state index < -0.39 is 0 Å². The Morgan fingerprint density at radius 1 is 1.29 bits per heavy atom. The summed E-state index contributed by atoms with van der Waals surface area (Å²) in [6.07, 6.45) is -0.286. The van der Waals surface area contributed by atoms with Crippen LogP contribution in [-0.4, -0.2) is 36.4 Å². The van der Waals surface area contributed by atoms with E-state index in [1.807, 2.05) is 26.0 Å². The van der Waals surface area contributed by atoms with Crippen molar-refractivity contribution in [3.8, 4) is 5.75 Å². The number of nitrogens with zero attached hydrogens (tertiary/aromatic N) is 1. The van der Waals surface area contributed by atoms with Gasteiger partial charge in [0.2, 0.25) is 0 Å². The zero-order valence-corrected chi connectivity index (χ0v) is 13.5. The first-order chi connectivity index (χ1) is 11.5. The first-order valence-electron chi connectivity index (χ1n) is 7.93. The van der Waals surface area contributed by atoms with Gasteiger partial charge in [-0.2, -0.15) is 0 Å². The Balaban J connectivity index is 1.78. The van der Waals surface area contributed by atoms with E-state index >= 15 is 0 Å². The molecule has 0 saturated carbocycles. The average Bonchev–Trinajstić information content (AvgIpc) is 3.02. The van der Waals surface area contributed by atoms with Crippen molar-refractivity contribution < 1.29 is 14.3 Å². The third kappa shape index (κ3) is 2.31. The largest absolute Gasteiger partial charge is 0.482 e. The highest BCUT2D eigenvalue weighted by Gasteiger charge is 2.38. The minimum atomic E-state index is -0.286. The number of benzene rings is 1. The van der Waals surface area contributed by atoms with Crippen molar-refractivity contribution in [2.45, 2.75) is 20.1 Å². The Labute approximate surface area is 139 Å². The molecule has 1 unspecified atom stereocenters. The lowest BCUT2D eigenvalue weighted by atomic mass is 9.94. The zero-order valence-electron chi connectivity index (χ0n) is 13.5. The number of amides is 2. The number of rotatable bonds is 2. The number of carbonyl (C=O) groups excluding carboxylic acids is 2. The van der Waals surface area contributed by atoms with Crippen molar-refractivity contribution in [1.82, 2.24) is 21.1 Å². The molecule has 2 amide bonds. The molecule has 3 aliphatic heterocycles. The van der Waals surface area contributed by atoms with Crippen LogP contribution < -0.4 is 26.1 Å². The highest BCUT2D eigenvalue weighted by molar-refractivity contribution is 6.03. The van der Waals surface area contributed by atoms with Gasteiger partial charge in [0.15, 0.2) is 12.9 Å². The molecule has 1 atom stereocenters. The summed E-state index contributed by atoms with van der Waals surface area (Å²) in [5, 5.41) is 10.9. The normalized spacial score (nSPS) is 22.8. The molecule has 1 aromatic carbocycles. The molecular weight excluding hydrogens is 310 g/mol. The lowest BCUT2D eigenvalue weighted by Gasteiger charge is -2.35. The minimum Gasteiger partial charge on any atom is -0.482 e. The van der Waals surface area contributed by atoms with Gasteiger partial charge in [0.05, 0.1) is 18.1 Å². The molecule has 1 fully saturated rings. The highest BCUT2D eigenvalue weighted by atomic mass is 16.5. The predicted octanol–water partition coefficient (Wildman–Crippen LogP) is 0.165. The second-order valence-corrected chi connectivity index (χ2v) is 6.25. The topological polar surface area (TPSA) is 94.7 Å². The van der Waals surface area contributed by atoms with Gasteiger partial charge in [-0.1, -0.05) is 19.9 Å². The van der Waals surface area contributed by atoms with Crippen LogP contribution in [0.3, 0.4) is 0 Å². The van der Waals surface area contributed by atoms with E-state index in [4.69, 9.17) is 4.74 Å². The molecule has 24 heavy (non-hydrogen) atoms.